The molecule has 0 radical (unpaired) electrons. The largest absolute Gasteiger partial charge is 0.480 e. The number of nitro groups is 1. The van der Waals surface area contributed by atoms with Crippen LogP contribution in [0.2, 0.25) is 5.02 Å². The third kappa shape index (κ3) is 3.01. The smallest absolute Gasteiger partial charge is 0.326 e. The number of carboxylic acid groups (broad SMARTS) is 1. The highest BCUT2D eigenvalue weighted by molar-refractivity contribution is 6.33. The molecular weight excluding hydrogens is 284 g/mol. The number of aliphatic carboxylic acids is 1. The number of non-ortho nitro benzene ring substituents is 1. The van der Waals surface area contributed by atoms with Crippen LogP contribution in [0.3, 0.4) is 0 Å². The number of benzene rings is 1. The number of nitrogens with zero attached hydrogens (tertiary/aromatic N) is 2. The summed E-state index contributed by atoms with van der Waals surface area (Å²) in [6.07, 6.45) is 3.28. The topological polar surface area (TPSA) is 83.7 Å². The summed E-state index contributed by atoms with van der Waals surface area (Å²) in [4.78, 5) is 23.3. The van der Waals surface area contributed by atoms with E-state index >= 15 is 0 Å². The summed E-state index contributed by atoms with van der Waals surface area (Å²) in [5.74, 6) is -0.888. The van der Waals surface area contributed by atoms with Gasteiger partial charge in [-0.2, -0.15) is 0 Å². The molecule has 1 aliphatic rings. The number of hydrogen-bond acceptors (Lipinski definition) is 4. The summed E-state index contributed by atoms with van der Waals surface area (Å²) in [7, 11) is 0. The van der Waals surface area contributed by atoms with E-state index in [-0.39, 0.29) is 10.7 Å². The van der Waals surface area contributed by atoms with Crippen LogP contribution in [-0.4, -0.2) is 28.6 Å². The maximum atomic E-state index is 11.4. The predicted octanol–water partition coefficient (Wildman–Crippen LogP) is 3.08. The second-order valence-corrected chi connectivity index (χ2v) is 5.20. The minimum Gasteiger partial charge on any atom is -0.480 e. The molecule has 0 aliphatic carbocycles. The van der Waals surface area contributed by atoms with Crippen molar-refractivity contribution in [1.82, 2.24) is 0 Å². The molecule has 0 aromatic heterocycles. The number of anilines is 1. The van der Waals surface area contributed by atoms with E-state index in [9.17, 15) is 20.0 Å². The molecular formula is C13H15ClN2O4. The zero-order valence-electron chi connectivity index (χ0n) is 10.8. The standard InChI is InChI=1S/C13H15ClN2O4/c14-10-8-9(16(19)20)5-6-11(10)15-7-3-1-2-4-12(15)13(17)18/h5-6,8,12H,1-4,7H2,(H,17,18). The molecule has 1 unspecified atom stereocenters. The van der Waals surface area contributed by atoms with Crippen LogP contribution in [0.4, 0.5) is 11.4 Å². The van der Waals surface area contributed by atoms with Crippen LogP contribution in [0.5, 0.6) is 0 Å². The van der Waals surface area contributed by atoms with Gasteiger partial charge >= 0.3 is 5.97 Å². The molecule has 2 rings (SSSR count). The van der Waals surface area contributed by atoms with Crippen molar-refractivity contribution in [3.8, 4) is 0 Å². The quantitative estimate of drug-likeness (QED) is 0.685. The second-order valence-electron chi connectivity index (χ2n) is 4.79. The number of carbonyl (C=O) groups is 1. The Morgan fingerprint density at radius 1 is 1.40 bits per heavy atom. The molecule has 1 saturated heterocycles. The van der Waals surface area contributed by atoms with E-state index in [0.717, 1.165) is 19.3 Å². The summed E-state index contributed by atoms with van der Waals surface area (Å²) in [5, 5.41) is 20.3. The summed E-state index contributed by atoms with van der Waals surface area (Å²) >= 11 is 6.09. The zero-order chi connectivity index (χ0) is 14.7. The number of nitro benzene ring substituents is 1. The molecule has 7 heteroatoms. The molecule has 1 heterocycles. The van der Waals surface area contributed by atoms with Crippen LogP contribution >= 0.6 is 11.6 Å². The van der Waals surface area contributed by atoms with Gasteiger partial charge in [-0.05, 0) is 18.9 Å². The summed E-state index contributed by atoms with van der Waals surface area (Å²) in [6, 6.07) is 3.52. The van der Waals surface area contributed by atoms with Crippen LogP contribution < -0.4 is 4.90 Å². The van der Waals surface area contributed by atoms with Crippen LogP contribution in [0, 0.1) is 10.1 Å². The molecule has 108 valence electrons. The lowest BCUT2D eigenvalue weighted by atomic mass is 10.1. The lowest BCUT2D eigenvalue weighted by Gasteiger charge is -2.29. The number of carboxylic acids is 1. The maximum Gasteiger partial charge on any atom is 0.326 e. The fraction of sp³-hybridized carbons (Fsp3) is 0.462. The molecule has 0 saturated carbocycles. The van der Waals surface area contributed by atoms with E-state index in [1.54, 1.807) is 4.90 Å². The Balaban J connectivity index is 2.36. The van der Waals surface area contributed by atoms with Gasteiger partial charge in [0.15, 0.2) is 0 Å². The maximum absolute atomic E-state index is 11.4. The molecule has 20 heavy (non-hydrogen) atoms. The first-order chi connectivity index (χ1) is 9.50. The molecule has 6 nitrogen and oxygen atoms in total. The molecule has 1 N–H and O–H groups in total. The molecule has 0 spiro atoms. The van der Waals surface area contributed by atoms with E-state index in [2.05, 4.69) is 0 Å². The summed E-state index contributed by atoms with van der Waals surface area (Å²) in [6.45, 7) is 0.592. The van der Waals surface area contributed by atoms with Gasteiger partial charge in [0, 0.05) is 18.7 Å². The van der Waals surface area contributed by atoms with Gasteiger partial charge in [-0.3, -0.25) is 10.1 Å². The van der Waals surface area contributed by atoms with Gasteiger partial charge in [-0.15, -0.1) is 0 Å². The fourth-order valence-corrected chi connectivity index (χ4v) is 2.78. The van der Waals surface area contributed by atoms with Crippen molar-refractivity contribution in [2.45, 2.75) is 31.7 Å². The molecule has 1 fully saturated rings. The van der Waals surface area contributed by atoms with E-state index < -0.39 is 16.9 Å². The first-order valence-electron chi connectivity index (χ1n) is 6.44. The monoisotopic (exact) mass is 298 g/mol. The lowest BCUT2D eigenvalue weighted by Crippen LogP contribution is -2.41. The first-order valence-corrected chi connectivity index (χ1v) is 6.82. The van der Waals surface area contributed by atoms with Gasteiger partial charge in [-0.1, -0.05) is 24.4 Å². The predicted molar refractivity (Wildman–Crippen MR) is 75.3 cm³/mol. The SMILES string of the molecule is O=C(O)C1CCCCCN1c1ccc([N+](=O)[O-])cc1Cl. The van der Waals surface area contributed by atoms with Gasteiger partial charge in [0.05, 0.1) is 15.6 Å². The Morgan fingerprint density at radius 2 is 2.15 bits per heavy atom. The van der Waals surface area contributed by atoms with Gasteiger partial charge in [0.1, 0.15) is 6.04 Å². The number of rotatable bonds is 3. The van der Waals surface area contributed by atoms with Gasteiger partial charge in [0.2, 0.25) is 0 Å². The van der Waals surface area contributed by atoms with Crippen molar-refractivity contribution in [1.29, 1.82) is 0 Å². The van der Waals surface area contributed by atoms with E-state index in [0.29, 0.717) is 18.7 Å². The van der Waals surface area contributed by atoms with Crippen molar-refractivity contribution in [3.05, 3.63) is 33.3 Å². The van der Waals surface area contributed by atoms with E-state index in [1.165, 1.54) is 18.2 Å². The molecule has 1 aliphatic heterocycles. The van der Waals surface area contributed by atoms with Crippen molar-refractivity contribution in [3.63, 3.8) is 0 Å². The Labute approximate surface area is 121 Å². The molecule has 1 aromatic carbocycles. The van der Waals surface area contributed by atoms with Crippen molar-refractivity contribution in [2.75, 3.05) is 11.4 Å². The van der Waals surface area contributed by atoms with Crippen molar-refractivity contribution < 1.29 is 14.8 Å². The highest BCUT2D eigenvalue weighted by atomic mass is 35.5. The second kappa shape index (κ2) is 6.09. The van der Waals surface area contributed by atoms with Crippen LogP contribution in [0.15, 0.2) is 18.2 Å². The highest BCUT2D eigenvalue weighted by Gasteiger charge is 2.29. The van der Waals surface area contributed by atoms with Crippen molar-refractivity contribution in [2.24, 2.45) is 0 Å². The van der Waals surface area contributed by atoms with Gasteiger partial charge < -0.3 is 10.0 Å². The average Bonchev–Trinajstić information content (AvgIpc) is 2.64. The Bertz CT molecular complexity index is 535. The van der Waals surface area contributed by atoms with Gasteiger partial charge in [-0.25, -0.2) is 4.79 Å². The minimum absolute atomic E-state index is 0.0968. The van der Waals surface area contributed by atoms with Crippen LogP contribution in [0.1, 0.15) is 25.7 Å². The minimum atomic E-state index is -0.888. The van der Waals surface area contributed by atoms with E-state index in [1.807, 2.05) is 0 Å². The van der Waals surface area contributed by atoms with Gasteiger partial charge in [0.25, 0.3) is 5.69 Å². The van der Waals surface area contributed by atoms with Crippen LogP contribution in [-0.2, 0) is 4.79 Å². The molecule has 1 aromatic rings. The molecule has 1 atom stereocenters. The first kappa shape index (κ1) is 14.6. The summed E-state index contributed by atoms with van der Waals surface area (Å²) in [5.41, 5.74) is 0.451. The normalized spacial score (nSPS) is 19.4. The average molecular weight is 299 g/mol. The molecule has 0 bridgehead atoms. The zero-order valence-corrected chi connectivity index (χ0v) is 11.5. The summed E-state index contributed by atoms with van der Waals surface area (Å²) < 4.78 is 0. The lowest BCUT2D eigenvalue weighted by molar-refractivity contribution is -0.384. The van der Waals surface area contributed by atoms with Crippen LogP contribution in [0.25, 0.3) is 0 Å². The fourth-order valence-electron chi connectivity index (χ4n) is 2.50. The Morgan fingerprint density at radius 3 is 2.75 bits per heavy atom. The number of halogens is 1. The highest BCUT2D eigenvalue weighted by Crippen LogP contribution is 2.33. The Kier molecular flexibility index (Phi) is 4.44. The number of hydrogen-bond donors (Lipinski definition) is 1. The third-order valence-corrected chi connectivity index (χ3v) is 3.79. The third-order valence-electron chi connectivity index (χ3n) is 3.49. The van der Waals surface area contributed by atoms with E-state index in [4.69, 9.17) is 11.6 Å². The Hall–Kier alpha value is -1.82. The van der Waals surface area contributed by atoms with Crippen molar-refractivity contribution >= 4 is 28.9 Å². The molecule has 0 amide bonds.